The molecule has 1 aliphatic rings. The second kappa shape index (κ2) is 9.48. The van der Waals surface area contributed by atoms with Crippen LogP contribution in [0.2, 0.25) is 0 Å². The molecule has 1 saturated heterocycles. The molecule has 2 aromatic carbocycles. The monoisotopic (exact) mass is 481 g/mol. The van der Waals surface area contributed by atoms with Crippen LogP contribution in [0.25, 0.3) is 33.2 Å². The Morgan fingerprint density at radius 1 is 0.972 bits per heavy atom. The molecule has 0 atom stereocenters. The van der Waals surface area contributed by atoms with Crippen molar-refractivity contribution in [3.8, 4) is 11.4 Å². The minimum Gasteiger partial charge on any atom is -0.385 e. The number of fused-ring (bicyclic) bond motifs is 3. The highest BCUT2D eigenvalue weighted by Gasteiger charge is 2.33. The summed E-state index contributed by atoms with van der Waals surface area (Å²) in [6, 6.07) is 18.5. The van der Waals surface area contributed by atoms with E-state index >= 15 is 0 Å². The molecule has 7 nitrogen and oxygen atoms in total. The van der Waals surface area contributed by atoms with Crippen LogP contribution in [0.5, 0.6) is 0 Å². The molecule has 4 heterocycles. The Labute approximate surface area is 210 Å². The summed E-state index contributed by atoms with van der Waals surface area (Å²) in [5.41, 5.74) is 3.60. The molecule has 1 fully saturated rings. The van der Waals surface area contributed by atoms with Gasteiger partial charge in [-0.05, 0) is 43.5 Å². The molecule has 3 aromatic heterocycles. The lowest BCUT2D eigenvalue weighted by molar-refractivity contribution is -0.0261. The van der Waals surface area contributed by atoms with Gasteiger partial charge in [-0.1, -0.05) is 54.5 Å². The zero-order valence-corrected chi connectivity index (χ0v) is 20.6. The van der Waals surface area contributed by atoms with Gasteiger partial charge in [0, 0.05) is 54.1 Å². The number of nitrogens with zero attached hydrogens (tertiary/aromatic N) is 5. The van der Waals surface area contributed by atoms with Crippen molar-refractivity contribution >= 4 is 21.8 Å². The number of hydrogen-bond donors (Lipinski definition) is 1. The van der Waals surface area contributed by atoms with Crippen molar-refractivity contribution in [1.82, 2.24) is 24.6 Å². The second-order valence-electron chi connectivity index (χ2n) is 9.70. The molecule has 7 heteroatoms. The van der Waals surface area contributed by atoms with Crippen LogP contribution in [0, 0.1) is 0 Å². The Kier molecular flexibility index (Phi) is 6.03. The van der Waals surface area contributed by atoms with Gasteiger partial charge in [-0.25, -0.2) is 0 Å². The molecule has 0 radical (unpaired) electrons. The van der Waals surface area contributed by atoms with Crippen LogP contribution in [0.15, 0.2) is 71.5 Å². The number of hydrogen-bond acceptors (Lipinski definition) is 6. The lowest BCUT2D eigenvalue weighted by Gasteiger charge is -2.38. The number of aromatic nitrogens is 4. The maximum atomic E-state index is 11.2. The first kappa shape index (κ1) is 22.9. The van der Waals surface area contributed by atoms with Gasteiger partial charge >= 0.3 is 0 Å². The van der Waals surface area contributed by atoms with Crippen molar-refractivity contribution in [3.63, 3.8) is 0 Å². The van der Waals surface area contributed by atoms with Crippen molar-refractivity contribution in [2.75, 3.05) is 19.6 Å². The summed E-state index contributed by atoms with van der Waals surface area (Å²) >= 11 is 0. The third kappa shape index (κ3) is 4.08. The average Bonchev–Trinajstić information content (AvgIpc) is 3.54. The summed E-state index contributed by atoms with van der Waals surface area (Å²) in [5.74, 6) is 1.28. The minimum atomic E-state index is -0.709. The first-order valence-corrected chi connectivity index (χ1v) is 12.8. The summed E-state index contributed by atoms with van der Waals surface area (Å²) < 4.78 is 7.77. The summed E-state index contributed by atoms with van der Waals surface area (Å²) in [7, 11) is 0. The number of rotatable bonds is 7. The smallest absolute Gasteiger partial charge is 0.226 e. The number of benzene rings is 2. The Morgan fingerprint density at radius 2 is 1.81 bits per heavy atom. The Morgan fingerprint density at radius 3 is 2.58 bits per heavy atom. The third-order valence-corrected chi connectivity index (χ3v) is 7.56. The quantitative estimate of drug-likeness (QED) is 0.345. The molecule has 6 rings (SSSR count). The Hall–Kier alpha value is -3.55. The topological polar surface area (TPSA) is 80.2 Å². The van der Waals surface area contributed by atoms with Crippen LogP contribution in [0.3, 0.4) is 0 Å². The van der Waals surface area contributed by atoms with Crippen LogP contribution in [-0.2, 0) is 18.6 Å². The molecule has 1 aliphatic heterocycles. The van der Waals surface area contributed by atoms with Gasteiger partial charge in [-0.15, -0.1) is 0 Å². The van der Waals surface area contributed by atoms with E-state index in [0.29, 0.717) is 18.1 Å². The van der Waals surface area contributed by atoms with Gasteiger partial charge in [0.1, 0.15) is 0 Å². The highest BCUT2D eigenvalue weighted by molar-refractivity contribution is 6.14. The molecule has 5 aromatic rings. The lowest BCUT2D eigenvalue weighted by Crippen LogP contribution is -2.43. The highest BCUT2D eigenvalue weighted by Crippen LogP contribution is 2.36. The van der Waals surface area contributed by atoms with Gasteiger partial charge < -0.3 is 19.1 Å². The van der Waals surface area contributed by atoms with Gasteiger partial charge in [0.2, 0.25) is 11.7 Å². The molecule has 0 unspecified atom stereocenters. The highest BCUT2D eigenvalue weighted by atomic mass is 16.5. The minimum absolute atomic E-state index is 0.632. The molecule has 0 spiro atoms. The number of aryl methyl sites for hydroxylation is 2. The molecule has 0 saturated carbocycles. The number of likely N-dealkylation sites (tertiary alicyclic amines) is 1. The van der Waals surface area contributed by atoms with E-state index in [4.69, 9.17) is 4.52 Å². The molecular formula is C29H31N5O2. The molecule has 0 aliphatic carbocycles. The second-order valence-corrected chi connectivity index (χ2v) is 9.70. The summed E-state index contributed by atoms with van der Waals surface area (Å²) in [5, 5.41) is 17.7. The normalized spacial score (nSPS) is 16.2. The van der Waals surface area contributed by atoms with E-state index in [1.165, 1.54) is 0 Å². The lowest BCUT2D eigenvalue weighted by atomic mass is 9.84. The van der Waals surface area contributed by atoms with Crippen molar-refractivity contribution in [2.45, 2.75) is 44.8 Å². The van der Waals surface area contributed by atoms with Gasteiger partial charge in [0.15, 0.2) is 0 Å². The van der Waals surface area contributed by atoms with Crippen molar-refractivity contribution in [3.05, 3.63) is 78.4 Å². The van der Waals surface area contributed by atoms with E-state index in [0.717, 1.165) is 78.4 Å². The fourth-order valence-electron chi connectivity index (χ4n) is 5.56. The van der Waals surface area contributed by atoms with E-state index in [-0.39, 0.29) is 0 Å². The maximum absolute atomic E-state index is 11.2. The molecule has 184 valence electrons. The zero-order chi connectivity index (χ0) is 24.5. The van der Waals surface area contributed by atoms with E-state index in [1.54, 1.807) is 0 Å². The SMILES string of the molecule is CCc1nc(-c2cccc3c2c2ccncc2n3CCCN2CCC(O)(c3ccccc3)CC2)no1. The van der Waals surface area contributed by atoms with Crippen molar-refractivity contribution < 1.29 is 9.63 Å². The van der Waals surface area contributed by atoms with Crippen LogP contribution in [0.4, 0.5) is 0 Å². The predicted molar refractivity (Wildman–Crippen MR) is 141 cm³/mol. The van der Waals surface area contributed by atoms with E-state index in [1.807, 2.05) is 49.6 Å². The fourth-order valence-corrected chi connectivity index (χ4v) is 5.56. The van der Waals surface area contributed by atoms with E-state index < -0.39 is 5.60 Å². The number of pyridine rings is 1. The molecule has 1 N–H and O–H groups in total. The van der Waals surface area contributed by atoms with Crippen LogP contribution >= 0.6 is 0 Å². The summed E-state index contributed by atoms with van der Waals surface area (Å²) in [6.45, 7) is 5.71. The van der Waals surface area contributed by atoms with Crippen molar-refractivity contribution in [1.29, 1.82) is 0 Å². The van der Waals surface area contributed by atoms with Gasteiger partial charge in [-0.3, -0.25) is 4.98 Å². The number of aliphatic hydroxyl groups is 1. The molecule has 36 heavy (non-hydrogen) atoms. The van der Waals surface area contributed by atoms with Gasteiger partial charge in [0.05, 0.1) is 17.3 Å². The molecule has 0 bridgehead atoms. The fraction of sp³-hybridized carbons (Fsp3) is 0.345. The maximum Gasteiger partial charge on any atom is 0.226 e. The largest absolute Gasteiger partial charge is 0.385 e. The molecule has 0 amide bonds. The van der Waals surface area contributed by atoms with Crippen molar-refractivity contribution in [2.24, 2.45) is 0 Å². The van der Waals surface area contributed by atoms with Gasteiger partial charge in [0.25, 0.3) is 0 Å². The summed E-state index contributed by atoms with van der Waals surface area (Å²) in [4.78, 5) is 11.5. The Bertz CT molecular complexity index is 1480. The first-order valence-electron chi connectivity index (χ1n) is 12.8. The third-order valence-electron chi connectivity index (χ3n) is 7.56. The van der Waals surface area contributed by atoms with Gasteiger partial charge in [-0.2, -0.15) is 4.98 Å². The first-order chi connectivity index (χ1) is 17.7. The Balaban J connectivity index is 1.21. The van der Waals surface area contributed by atoms with E-state index in [2.05, 4.69) is 48.9 Å². The average molecular weight is 482 g/mol. The summed E-state index contributed by atoms with van der Waals surface area (Å²) in [6.07, 6.45) is 7.07. The van der Waals surface area contributed by atoms with E-state index in [9.17, 15) is 5.11 Å². The number of piperidine rings is 1. The molecular weight excluding hydrogens is 450 g/mol. The van der Waals surface area contributed by atoms with Crippen LogP contribution < -0.4 is 0 Å². The standard InChI is InChI=1S/C29H31N5O2/c1-2-26-31-28(32-36-26)23-10-6-11-24-27(23)22-12-15-30-20-25(22)34(24)17-7-16-33-18-13-29(35,14-19-33)21-8-4-3-5-9-21/h3-6,8-12,15,20,35H,2,7,13-14,16-19H2,1H3. The van der Waals surface area contributed by atoms with Crippen LogP contribution in [-0.4, -0.2) is 49.3 Å². The van der Waals surface area contributed by atoms with Crippen LogP contribution in [0.1, 0.15) is 37.6 Å². The predicted octanol–water partition coefficient (Wildman–Crippen LogP) is 5.18. The zero-order valence-electron chi connectivity index (χ0n) is 20.6.